The molecule has 2 rings (SSSR count). The molecule has 1 aromatic carbocycles. The van der Waals surface area contributed by atoms with E-state index in [0.29, 0.717) is 25.0 Å². The Morgan fingerprint density at radius 1 is 1.35 bits per heavy atom. The van der Waals surface area contributed by atoms with E-state index in [9.17, 15) is 9.90 Å². The number of ether oxygens (including phenoxy) is 1. The van der Waals surface area contributed by atoms with E-state index in [1.54, 1.807) is 13.8 Å². The molecule has 0 aliphatic heterocycles. The summed E-state index contributed by atoms with van der Waals surface area (Å²) in [7, 11) is 0. The largest absolute Gasteiger partial charge is 0.463 e. The average Bonchev–Trinajstić information content (AvgIpc) is 2.43. The molecule has 1 N–H and O–H groups in total. The molecular weight excluding hydrogens is 252 g/mol. The van der Waals surface area contributed by atoms with Crippen LogP contribution in [0.3, 0.4) is 0 Å². The smallest absolute Gasteiger partial charge is 0.333 e. The summed E-state index contributed by atoms with van der Waals surface area (Å²) in [5.41, 5.74) is 1.83. The lowest BCUT2D eigenvalue weighted by atomic mass is 9.73. The molecule has 0 heterocycles. The first-order valence-corrected chi connectivity index (χ1v) is 6.86. The molecule has 0 bridgehead atoms. The zero-order valence-electron chi connectivity index (χ0n) is 11.9. The van der Waals surface area contributed by atoms with Crippen molar-refractivity contribution in [3.63, 3.8) is 0 Å². The SMILES string of the molecule is CCOC(=O)C(C)=C1CC(O)(/C=C/c2ccccc2)C1. The number of rotatable bonds is 4. The lowest BCUT2D eigenvalue weighted by Gasteiger charge is -2.37. The van der Waals surface area contributed by atoms with Crippen molar-refractivity contribution in [3.05, 3.63) is 53.1 Å². The van der Waals surface area contributed by atoms with Gasteiger partial charge in [-0.3, -0.25) is 0 Å². The van der Waals surface area contributed by atoms with Crippen LogP contribution in [0.2, 0.25) is 0 Å². The topological polar surface area (TPSA) is 46.5 Å². The fourth-order valence-electron chi connectivity index (χ4n) is 2.27. The van der Waals surface area contributed by atoms with E-state index in [1.807, 2.05) is 42.5 Å². The maximum atomic E-state index is 11.6. The molecule has 3 heteroatoms. The minimum absolute atomic E-state index is 0.281. The number of hydrogen-bond donors (Lipinski definition) is 1. The summed E-state index contributed by atoms with van der Waals surface area (Å²) in [5.74, 6) is -0.281. The molecule has 106 valence electrons. The Kier molecular flexibility index (Phi) is 4.40. The maximum Gasteiger partial charge on any atom is 0.333 e. The Bertz CT molecular complexity index is 533. The van der Waals surface area contributed by atoms with Gasteiger partial charge in [-0.05, 0) is 19.4 Å². The van der Waals surface area contributed by atoms with Crippen molar-refractivity contribution < 1.29 is 14.6 Å². The standard InChI is InChI=1S/C17H20O3/c1-3-20-16(18)13(2)15-11-17(19,12-15)10-9-14-7-5-4-6-8-14/h4-10,19H,3,11-12H2,1-2H3/b10-9+,15-13?. The van der Waals surface area contributed by atoms with Crippen LogP contribution in [0.15, 0.2) is 47.6 Å². The van der Waals surface area contributed by atoms with Gasteiger partial charge in [-0.1, -0.05) is 48.1 Å². The highest BCUT2D eigenvalue weighted by molar-refractivity contribution is 5.89. The first kappa shape index (κ1) is 14.5. The maximum absolute atomic E-state index is 11.6. The number of carbonyl (C=O) groups is 1. The van der Waals surface area contributed by atoms with Gasteiger partial charge in [0.05, 0.1) is 12.2 Å². The van der Waals surface area contributed by atoms with Crippen molar-refractivity contribution in [2.24, 2.45) is 0 Å². The zero-order chi connectivity index (χ0) is 14.6. The minimum atomic E-state index is -0.834. The predicted octanol–water partition coefficient (Wildman–Crippen LogP) is 3.10. The van der Waals surface area contributed by atoms with E-state index in [2.05, 4.69) is 0 Å². The summed E-state index contributed by atoms with van der Waals surface area (Å²) in [5, 5.41) is 10.3. The molecule has 0 amide bonds. The molecule has 0 atom stereocenters. The quantitative estimate of drug-likeness (QED) is 0.676. The highest BCUT2D eigenvalue weighted by Gasteiger charge is 2.38. The van der Waals surface area contributed by atoms with Gasteiger partial charge >= 0.3 is 5.97 Å². The van der Waals surface area contributed by atoms with Crippen LogP contribution in [0.25, 0.3) is 6.08 Å². The van der Waals surface area contributed by atoms with Gasteiger partial charge in [0.15, 0.2) is 0 Å². The van der Waals surface area contributed by atoms with Crippen molar-refractivity contribution in [3.8, 4) is 0 Å². The lowest BCUT2D eigenvalue weighted by Crippen LogP contribution is -2.37. The normalized spacial score (nSPS) is 21.6. The van der Waals surface area contributed by atoms with Gasteiger partial charge in [0.25, 0.3) is 0 Å². The molecule has 1 aromatic rings. The second-order valence-corrected chi connectivity index (χ2v) is 5.15. The number of aliphatic hydroxyl groups is 1. The number of esters is 1. The Balaban J connectivity index is 1.99. The van der Waals surface area contributed by atoms with Crippen molar-refractivity contribution in [2.75, 3.05) is 6.61 Å². The zero-order valence-corrected chi connectivity index (χ0v) is 11.9. The Labute approximate surface area is 119 Å². The number of carbonyl (C=O) groups excluding carboxylic acids is 1. The summed E-state index contributed by atoms with van der Waals surface area (Å²) in [6, 6.07) is 9.85. The molecule has 20 heavy (non-hydrogen) atoms. The highest BCUT2D eigenvalue weighted by atomic mass is 16.5. The summed E-state index contributed by atoms with van der Waals surface area (Å²) in [6.45, 7) is 3.92. The molecule has 1 saturated carbocycles. The van der Waals surface area contributed by atoms with Gasteiger partial charge in [0.2, 0.25) is 0 Å². The van der Waals surface area contributed by atoms with Crippen LogP contribution >= 0.6 is 0 Å². The van der Waals surface area contributed by atoms with Crippen molar-refractivity contribution in [1.82, 2.24) is 0 Å². The second-order valence-electron chi connectivity index (χ2n) is 5.15. The molecule has 0 radical (unpaired) electrons. The monoisotopic (exact) mass is 272 g/mol. The van der Waals surface area contributed by atoms with E-state index >= 15 is 0 Å². The van der Waals surface area contributed by atoms with Crippen LogP contribution in [-0.2, 0) is 9.53 Å². The summed E-state index contributed by atoms with van der Waals surface area (Å²) < 4.78 is 4.96. The fraction of sp³-hybridized carbons (Fsp3) is 0.353. The predicted molar refractivity (Wildman–Crippen MR) is 79.0 cm³/mol. The van der Waals surface area contributed by atoms with E-state index < -0.39 is 5.60 Å². The van der Waals surface area contributed by atoms with Crippen molar-refractivity contribution in [1.29, 1.82) is 0 Å². The third-order valence-electron chi connectivity index (χ3n) is 3.54. The van der Waals surface area contributed by atoms with Gasteiger partial charge in [-0.15, -0.1) is 0 Å². The molecule has 3 nitrogen and oxygen atoms in total. The molecule has 1 aliphatic rings. The Hall–Kier alpha value is -1.87. The van der Waals surface area contributed by atoms with Gasteiger partial charge in [-0.25, -0.2) is 4.79 Å². The minimum Gasteiger partial charge on any atom is -0.463 e. The van der Waals surface area contributed by atoms with Crippen LogP contribution in [0.4, 0.5) is 0 Å². The van der Waals surface area contributed by atoms with E-state index in [1.165, 1.54) is 0 Å². The second kappa shape index (κ2) is 6.06. The molecular formula is C17H20O3. The summed E-state index contributed by atoms with van der Waals surface area (Å²) in [6.07, 6.45) is 4.72. The van der Waals surface area contributed by atoms with Crippen LogP contribution in [0.5, 0.6) is 0 Å². The van der Waals surface area contributed by atoms with Gasteiger partial charge in [0.1, 0.15) is 0 Å². The average molecular weight is 272 g/mol. The van der Waals surface area contributed by atoms with Gasteiger partial charge in [0, 0.05) is 18.4 Å². The molecule has 1 aliphatic carbocycles. The lowest BCUT2D eigenvalue weighted by molar-refractivity contribution is -0.138. The van der Waals surface area contributed by atoms with Crippen LogP contribution in [-0.4, -0.2) is 23.3 Å². The first-order valence-electron chi connectivity index (χ1n) is 6.86. The third-order valence-corrected chi connectivity index (χ3v) is 3.54. The van der Waals surface area contributed by atoms with E-state index in [0.717, 1.165) is 11.1 Å². The summed E-state index contributed by atoms with van der Waals surface area (Å²) in [4.78, 5) is 11.6. The van der Waals surface area contributed by atoms with E-state index in [-0.39, 0.29) is 5.97 Å². The first-order chi connectivity index (χ1) is 9.54. The molecule has 0 aromatic heterocycles. The fourth-order valence-corrected chi connectivity index (χ4v) is 2.27. The molecule has 0 saturated heterocycles. The Morgan fingerprint density at radius 3 is 2.60 bits per heavy atom. The molecule has 0 spiro atoms. The summed E-state index contributed by atoms with van der Waals surface area (Å²) >= 11 is 0. The van der Waals surface area contributed by atoms with E-state index in [4.69, 9.17) is 4.74 Å². The molecule has 1 fully saturated rings. The van der Waals surface area contributed by atoms with Crippen LogP contribution in [0.1, 0.15) is 32.3 Å². The number of benzene rings is 1. The highest BCUT2D eigenvalue weighted by Crippen LogP contribution is 2.40. The van der Waals surface area contributed by atoms with Gasteiger partial charge in [-0.2, -0.15) is 0 Å². The Morgan fingerprint density at radius 2 is 2.00 bits per heavy atom. The van der Waals surface area contributed by atoms with Gasteiger partial charge < -0.3 is 9.84 Å². The van der Waals surface area contributed by atoms with Crippen molar-refractivity contribution >= 4 is 12.0 Å². The number of hydrogen-bond acceptors (Lipinski definition) is 3. The van der Waals surface area contributed by atoms with Crippen molar-refractivity contribution in [2.45, 2.75) is 32.3 Å². The third kappa shape index (κ3) is 3.36. The van der Waals surface area contributed by atoms with Crippen LogP contribution in [0, 0.1) is 0 Å². The van der Waals surface area contributed by atoms with Crippen LogP contribution < -0.4 is 0 Å². The molecule has 0 unspecified atom stereocenters.